The van der Waals surface area contributed by atoms with Crippen molar-refractivity contribution in [2.24, 2.45) is 0 Å². The lowest BCUT2D eigenvalue weighted by molar-refractivity contribution is 0.415. The van der Waals surface area contributed by atoms with Crippen molar-refractivity contribution in [1.82, 2.24) is 19.6 Å². The predicted molar refractivity (Wildman–Crippen MR) is 125 cm³/mol. The summed E-state index contributed by atoms with van der Waals surface area (Å²) in [6.45, 7) is 3.89. The van der Waals surface area contributed by atoms with Gasteiger partial charge in [0.05, 0.1) is 18.3 Å². The van der Waals surface area contributed by atoms with Crippen molar-refractivity contribution in [3.63, 3.8) is 0 Å². The normalized spacial score (nSPS) is 11.0. The molecule has 6 nitrogen and oxygen atoms in total. The highest BCUT2D eigenvalue weighted by atomic mass is 16.5. The van der Waals surface area contributed by atoms with Gasteiger partial charge in [0, 0.05) is 12.4 Å². The lowest BCUT2D eigenvalue weighted by Gasteiger charge is -2.23. The van der Waals surface area contributed by atoms with Crippen LogP contribution in [0, 0.1) is 0 Å². The number of hydrogen-bond acceptors (Lipinski definition) is 5. The van der Waals surface area contributed by atoms with Gasteiger partial charge in [0.2, 0.25) is 0 Å². The van der Waals surface area contributed by atoms with E-state index in [0.29, 0.717) is 5.78 Å². The Labute approximate surface area is 180 Å². The molecule has 2 heterocycles. The van der Waals surface area contributed by atoms with E-state index in [1.165, 1.54) is 0 Å². The topological polar surface area (TPSA) is 55.5 Å². The van der Waals surface area contributed by atoms with Gasteiger partial charge in [0.15, 0.2) is 0 Å². The predicted octanol–water partition coefficient (Wildman–Crippen LogP) is 5.36. The third kappa shape index (κ3) is 3.18. The van der Waals surface area contributed by atoms with E-state index in [2.05, 4.69) is 53.2 Å². The summed E-state index contributed by atoms with van der Waals surface area (Å²) in [5, 5.41) is 9.22. The molecule has 0 saturated carbocycles. The third-order valence-corrected chi connectivity index (χ3v) is 5.46. The van der Waals surface area contributed by atoms with Crippen molar-refractivity contribution in [3.8, 4) is 16.9 Å². The summed E-state index contributed by atoms with van der Waals surface area (Å²) in [7, 11) is 3.67. The summed E-state index contributed by atoms with van der Waals surface area (Å²) in [6, 6.07) is 22.6. The maximum absolute atomic E-state index is 5.68. The van der Waals surface area contributed by atoms with E-state index >= 15 is 0 Å². The first-order valence-corrected chi connectivity index (χ1v) is 9.92. The number of hydrogen-bond donors (Lipinski definition) is 0. The van der Waals surface area contributed by atoms with Gasteiger partial charge in [-0.1, -0.05) is 55.1 Å². The molecule has 0 saturated heterocycles. The Balaban J connectivity index is 1.72. The molecular weight excluding hydrogens is 386 g/mol. The fourth-order valence-electron chi connectivity index (χ4n) is 3.83. The number of rotatable bonds is 5. The fourth-order valence-corrected chi connectivity index (χ4v) is 3.83. The minimum atomic E-state index is 0.536. The van der Waals surface area contributed by atoms with Crippen molar-refractivity contribution >= 4 is 34.3 Å². The maximum Gasteiger partial charge on any atom is 0.257 e. The molecule has 0 fully saturated rings. The first kappa shape index (κ1) is 18.8. The van der Waals surface area contributed by atoms with Crippen molar-refractivity contribution < 1.29 is 4.74 Å². The maximum atomic E-state index is 5.68. The molecule has 0 spiro atoms. The number of benzene rings is 3. The Morgan fingerprint density at radius 3 is 2.61 bits per heavy atom. The highest BCUT2D eigenvalue weighted by Gasteiger charge is 2.18. The molecule has 5 rings (SSSR count). The van der Waals surface area contributed by atoms with Gasteiger partial charge in [0.1, 0.15) is 17.9 Å². The van der Waals surface area contributed by atoms with Crippen LogP contribution >= 0.6 is 0 Å². The molecule has 0 unspecified atom stereocenters. The lowest BCUT2D eigenvalue weighted by Crippen LogP contribution is -2.14. The van der Waals surface area contributed by atoms with Gasteiger partial charge < -0.3 is 9.64 Å². The summed E-state index contributed by atoms with van der Waals surface area (Å²) < 4.78 is 7.57. The van der Waals surface area contributed by atoms with Crippen molar-refractivity contribution in [2.45, 2.75) is 0 Å². The SMILES string of the molecule is C=Cc1ccc2c(N(C)c3cc(-c4ccccc4)ccc3OC)nc3nncn3c2c1. The van der Waals surface area contributed by atoms with E-state index in [-0.39, 0.29) is 0 Å². The van der Waals surface area contributed by atoms with Crippen LogP contribution < -0.4 is 9.64 Å². The quantitative estimate of drug-likeness (QED) is 0.392. The number of nitrogens with zero attached hydrogens (tertiary/aromatic N) is 5. The molecule has 5 aromatic rings. The van der Waals surface area contributed by atoms with Crippen LogP contribution in [0.1, 0.15) is 5.56 Å². The van der Waals surface area contributed by atoms with Crippen molar-refractivity contribution in [1.29, 1.82) is 0 Å². The molecule has 0 aliphatic carbocycles. The van der Waals surface area contributed by atoms with E-state index in [1.54, 1.807) is 13.4 Å². The zero-order valence-corrected chi connectivity index (χ0v) is 17.4. The largest absolute Gasteiger partial charge is 0.495 e. The monoisotopic (exact) mass is 407 g/mol. The first-order valence-electron chi connectivity index (χ1n) is 9.92. The van der Waals surface area contributed by atoms with Gasteiger partial charge >= 0.3 is 0 Å². The number of anilines is 2. The summed E-state index contributed by atoms with van der Waals surface area (Å²) in [5.74, 6) is 2.07. The van der Waals surface area contributed by atoms with Gasteiger partial charge in [0.25, 0.3) is 5.78 Å². The molecule has 6 heteroatoms. The lowest BCUT2D eigenvalue weighted by atomic mass is 10.0. The summed E-state index contributed by atoms with van der Waals surface area (Å²) in [5.41, 5.74) is 5.14. The fraction of sp³-hybridized carbons (Fsp3) is 0.0800. The minimum absolute atomic E-state index is 0.536. The van der Waals surface area contributed by atoms with Gasteiger partial charge in [-0.25, -0.2) is 0 Å². The summed E-state index contributed by atoms with van der Waals surface area (Å²) in [6.07, 6.45) is 3.50. The molecule has 0 N–H and O–H groups in total. The van der Waals surface area contributed by atoms with E-state index in [4.69, 9.17) is 9.72 Å². The number of fused-ring (bicyclic) bond motifs is 3. The van der Waals surface area contributed by atoms with Gasteiger partial charge in [-0.15, -0.1) is 10.2 Å². The highest BCUT2D eigenvalue weighted by Crippen LogP contribution is 2.38. The van der Waals surface area contributed by atoms with Crippen LogP contribution in [0.5, 0.6) is 5.75 Å². The van der Waals surface area contributed by atoms with E-state index in [1.807, 2.05) is 52.8 Å². The highest BCUT2D eigenvalue weighted by molar-refractivity contribution is 5.95. The standard InChI is InChI=1S/C25H21N5O/c1-4-17-10-12-20-21(14-17)30-16-26-28-25(30)27-24(20)29(2)22-15-19(11-13-23(22)31-3)18-8-6-5-7-9-18/h4-16H,1H2,2-3H3. The van der Waals surface area contributed by atoms with Gasteiger partial charge in [-0.05, 0) is 41.0 Å². The summed E-state index contributed by atoms with van der Waals surface area (Å²) >= 11 is 0. The molecule has 3 aromatic carbocycles. The Hall–Kier alpha value is -4.19. The average Bonchev–Trinajstić information content (AvgIpc) is 3.32. The van der Waals surface area contributed by atoms with Gasteiger partial charge in [-0.2, -0.15) is 4.98 Å². The molecule has 0 amide bonds. The summed E-state index contributed by atoms with van der Waals surface area (Å²) in [4.78, 5) is 6.84. The minimum Gasteiger partial charge on any atom is -0.495 e. The second-order valence-electron chi connectivity index (χ2n) is 7.23. The zero-order chi connectivity index (χ0) is 21.4. The Bertz CT molecular complexity index is 1410. The molecule has 0 aliphatic heterocycles. The van der Waals surface area contributed by atoms with Crippen LogP contribution in [-0.2, 0) is 0 Å². The van der Waals surface area contributed by atoms with Crippen LogP contribution in [0.15, 0.2) is 79.6 Å². The van der Waals surface area contributed by atoms with Crippen LogP contribution in [0.25, 0.3) is 33.9 Å². The van der Waals surface area contributed by atoms with Crippen LogP contribution in [0.3, 0.4) is 0 Å². The zero-order valence-electron chi connectivity index (χ0n) is 17.4. The van der Waals surface area contributed by atoms with Crippen LogP contribution in [0.4, 0.5) is 11.5 Å². The smallest absolute Gasteiger partial charge is 0.257 e. The number of aromatic nitrogens is 4. The second kappa shape index (κ2) is 7.57. The Morgan fingerprint density at radius 2 is 1.84 bits per heavy atom. The molecule has 0 atom stereocenters. The van der Waals surface area contributed by atoms with E-state index in [0.717, 1.165) is 44.8 Å². The molecule has 0 aliphatic rings. The molecule has 0 bridgehead atoms. The molecule has 2 aromatic heterocycles. The third-order valence-electron chi connectivity index (χ3n) is 5.46. The molecule has 31 heavy (non-hydrogen) atoms. The Morgan fingerprint density at radius 1 is 1.00 bits per heavy atom. The second-order valence-corrected chi connectivity index (χ2v) is 7.23. The van der Waals surface area contributed by atoms with Crippen molar-refractivity contribution in [2.75, 3.05) is 19.1 Å². The Kier molecular flexibility index (Phi) is 4.59. The molecular formula is C25H21N5O. The van der Waals surface area contributed by atoms with Crippen molar-refractivity contribution in [3.05, 3.63) is 85.2 Å². The number of methoxy groups -OCH3 is 1. The first-order chi connectivity index (χ1) is 15.2. The van der Waals surface area contributed by atoms with E-state index < -0.39 is 0 Å². The average molecular weight is 407 g/mol. The van der Waals surface area contributed by atoms with Crippen LogP contribution in [0.2, 0.25) is 0 Å². The van der Waals surface area contributed by atoms with E-state index in [9.17, 15) is 0 Å². The van der Waals surface area contributed by atoms with Crippen LogP contribution in [-0.4, -0.2) is 33.7 Å². The van der Waals surface area contributed by atoms with Gasteiger partial charge in [-0.3, -0.25) is 4.40 Å². The molecule has 0 radical (unpaired) electrons. The number of ether oxygens (including phenoxy) is 1. The molecule has 152 valence electrons.